The van der Waals surface area contributed by atoms with Gasteiger partial charge in [0, 0.05) is 48.7 Å². The van der Waals surface area contributed by atoms with Crippen LogP contribution in [0.2, 0.25) is 0 Å². The van der Waals surface area contributed by atoms with Crippen LogP contribution in [0.25, 0.3) is 32.4 Å². The molecule has 0 unspecified atom stereocenters. The summed E-state index contributed by atoms with van der Waals surface area (Å²) in [4.78, 5) is 40.5. The first kappa shape index (κ1) is 28.4. The number of nitrogens with one attached hydrogen (secondary N) is 2. The quantitative estimate of drug-likeness (QED) is 0.247. The highest BCUT2D eigenvalue weighted by atomic mass is 32.1. The van der Waals surface area contributed by atoms with Gasteiger partial charge in [0.15, 0.2) is 5.58 Å². The van der Waals surface area contributed by atoms with Crippen LogP contribution < -0.4 is 20.5 Å². The summed E-state index contributed by atoms with van der Waals surface area (Å²) < 4.78 is 8.94. The first-order valence-corrected chi connectivity index (χ1v) is 16.0. The Bertz CT molecular complexity index is 1930. The first-order chi connectivity index (χ1) is 21.3. The zero-order chi connectivity index (χ0) is 30.5. The molecular formula is C32H36N7O4S+. The molecule has 5 heterocycles. The minimum absolute atomic E-state index is 0.0146. The standard InChI is InChI=1S/C32H35N7O4S/c1-36(2)31(42)24-14-20-17-33-32(35-30(20)39(24)21-6-4-5-7-21)34-23-9-8-19(15-25(23)40)22-18-44-29-26(41)16-27(43-28(22)29)38-12-10-37(3)11-13-38/h8-9,14-18,21,40H,4-7,10-13H2,1-3H3,(H,33,34,35)/p+1. The molecule has 2 fully saturated rings. The second-order valence-electron chi connectivity index (χ2n) is 12.1. The maximum absolute atomic E-state index is 13.0. The van der Waals surface area contributed by atoms with E-state index in [1.54, 1.807) is 43.4 Å². The third-order valence-corrected chi connectivity index (χ3v) is 9.78. The Hall–Kier alpha value is -4.42. The summed E-state index contributed by atoms with van der Waals surface area (Å²) in [6.07, 6.45) is 5.96. The molecule has 0 spiro atoms. The summed E-state index contributed by atoms with van der Waals surface area (Å²) in [5.74, 6) is 0.863. The van der Waals surface area contributed by atoms with E-state index in [-0.39, 0.29) is 23.1 Å². The molecular weight excluding hydrogens is 578 g/mol. The van der Waals surface area contributed by atoms with Crippen LogP contribution in [0, 0.1) is 0 Å². The highest BCUT2D eigenvalue weighted by Gasteiger charge is 2.27. The summed E-state index contributed by atoms with van der Waals surface area (Å²) in [5, 5.41) is 16.9. The number of aromatic hydroxyl groups is 1. The number of carbonyl (C=O) groups is 1. The number of quaternary nitrogens is 1. The normalized spacial score (nSPS) is 16.3. The van der Waals surface area contributed by atoms with Gasteiger partial charge in [-0.2, -0.15) is 4.98 Å². The Morgan fingerprint density at radius 1 is 1.16 bits per heavy atom. The molecule has 1 aliphatic carbocycles. The number of hydrogen-bond donors (Lipinski definition) is 3. The van der Waals surface area contributed by atoms with E-state index in [1.165, 1.54) is 16.2 Å². The van der Waals surface area contributed by atoms with Crippen LogP contribution in [0.3, 0.4) is 0 Å². The van der Waals surface area contributed by atoms with Crippen molar-refractivity contribution < 1.29 is 19.2 Å². The average Bonchev–Trinajstić information content (AvgIpc) is 3.77. The number of fused-ring (bicyclic) bond motifs is 2. The Balaban J connectivity index is 1.20. The number of likely N-dealkylation sites (N-methyl/N-ethyl adjacent to an activating group) is 1. The lowest BCUT2D eigenvalue weighted by molar-refractivity contribution is -0.880. The smallest absolute Gasteiger partial charge is 0.270 e. The van der Waals surface area contributed by atoms with Gasteiger partial charge in [-0.15, -0.1) is 11.3 Å². The third kappa shape index (κ3) is 5.07. The second kappa shape index (κ2) is 11.3. The summed E-state index contributed by atoms with van der Waals surface area (Å²) in [5.41, 5.74) is 3.73. The number of piperazine rings is 1. The van der Waals surface area contributed by atoms with Crippen LogP contribution >= 0.6 is 11.3 Å². The second-order valence-corrected chi connectivity index (χ2v) is 12.9. The van der Waals surface area contributed by atoms with Crippen LogP contribution in [-0.2, 0) is 0 Å². The van der Waals surface area contributed by atoms with Crippen molar-refractivity contribution in [1.82, 2.24) is 19.4 Å². The zero-order valence-electron chi connectivity index (χ0n) is 25.1. The number of thiophene rings is 1. The van der Waals surface area contributed by atoms with Crippen molar-refractivity contribution in [3.05, 3.63) is 57.8 Å². The molecule has 2 aliphatic rings. The number of hydrogen-bond acceptors (Lipinski definition) is 9. The number of phenols is 1. The van der Waals surface area contributed by atoms with E-state index >= 15 is 0 Å². The Morgan fingerprint density at radius 3 is 2.66 bits per heavy atom. The van der Waals surface area contributed by atoms with E-state index in [9.17, 15) is 14.7 Å². The van der Waals surface area contributed by atoms with E-state index in [1.807, 2.05) is 17.5 Å². The van der Waals surface area contributed by atoms with Gasteiger partial charge < -0.3 is 34.1 Å². The van der Waals surface area contributed by atoms with Gasteiger partial charge in [0.1, 0.15) is 21.8 Å². The predicted molar refractivity (Wildman–Crippen MR) is 173 cm³/mol. The maximum atomic E-state index is 13.0. The molecule has 4 aromatic heterocycles. The van der Waals surface area contributed by atoms with Crippen molar-refractivity contribution in [2.75, 3.05) is 57.5 Å². The molecule has 44 heavy (non-hydrogen) atoms. The van der Waals surface area contributed by atoms with Gasteiger partial charge in [-0.05, 0) is 36.6 Å². The fourth-order valence-corrected chi connectivity index (χ4v) is 7.23. The van der Waals surface area contributed by atoms with Crippen LogP contribution in [0.1, 0.15) is 42.2 Å². The van der Waals surface area contributed by atoms with Crippen LogP contribution in [0.4, 0.5) is 17.5 Å². The van der Waals surface area contributed by atoms with Crippen molar-refractivity contribution in [3.63, 3.8) is 0 Å². The first-order valence-electron chi connectivity index (χ1n) is 15.1. The lowest BCUT2D eigenvalue weighted by Gasteiger charge is -2.30. The van der Waals surface area contributed by atoms with E-state index in [0.29, 0.717) is 39.1 Å². The molecule has 11 nitrogen and oxygen atoms in total. The maximum Gasteiger partial charge on any atom is 0.270 e. The molecule has 228 valence electrons. The molecule has 0 atom stereocenters. The fraction of sp³-hybridized carbons (Fsp3) is 0.375. The van der Waals surface area contributed by atoms with Crippen molar-refractivity contribution in [1.29, 1.82) is 0 Å². The zero-order valence-corrected chi connectivity index (χ0v) is 25.9. The van der Waals surface area contributed by atoms with Gasteiger partial charge in [-0.1, -0.05) is 18.9 Å². The number of anilines is 3. The molecule has 1 aliphatic heterocycles. The largest absolute Gasteiger partial charge is 0.506 e. The molecule has 1 saturated heterocycles. The number of carbonyl (C=O) groups excluding carboxylic acids is 1. The van der Waals surface area contributed by atoms with E-state index in [2.05, 4.69) is 26.8 Å². The SMILES string of the molecule is CN(C)C(=O)c1cc2cnc(Nc3ccc(-c4csc5c(=O)cc(N6CC[NH+](C)CC6)oc45)cc3O)nc2n1C1CCCC1. The number of amides is 1. The summed E-state index contributed by atoms with van der Waals surface area (Å²) in [6.45, 7) is 3.62. The highest BCUT2D eigenvalue weighted by molar-refractivity contribution is 7.17. The molecule has 1 saturated carbocycles. The number of nitrogens with zero attached hydrogens (tertiary/aromatic N) is 5. The van der Waals surface area contributed by atoms with E-state index < -0.39 is 0 Å². The number of phenolic OH excluding ortho intramolecular Hbond substituents is 1. The summed E-state index contributed by atoms with van der Waals surface area (Å²) in [6, 6.07) is 8.97. The average molecular weight is 615 g/mol. The van der Waals surface area contributed by atoms with Crippen LogP contribution in [0.15, 0.2) is 51.1 Å². The van der Waals surface area contributed by atoms with Gasteiger partial charge in [0.25, 0.3) is 5.91 Å². The van der Waals surface area contributed by atoms with Gasteiger partial charge in [-0.3, -0.25) is 9.59 Å². The monoisotopic (exact) mass is 614 g/mol. The Kier molecular flexibility index (Phi) is 7.25. The van der Waals surface area contributed by atoms with Crippen molar-refractivity contribution in [2.45, 2.75) is 31.7 Å². The Labute approximate surface area is 258 Å². The lowest BCUT2D eigenvalue weighted by atomic mass is 10.1. The van der Waals surface area contributed by atoms with Gasteiger partial charge in [-0.25, -0.2) is 4.98 Å². The van der Waals surface area contributed by atoms with E-state index in [4.69, 9.17) is 9.40 Å². The number of rotatable bonds is 6. The van der Waals surface area contributed by atoms with Gasteiger partial charge in [0.05, 0.1) is 38.9 Å². The molecule has 5 aromatic rings. The number of benzene rings is 1. The molecule has 12 heteroatoms. The molecule has 7 rings (SSSR count). The van der Waals surface area contributed by atoms with Crippen molar-refractivity contribution >= 4 is 56.1 Å². The van der Waals surface area contributed by atoms with Gasteiger partial charge >= 0.3 is 0 Å². The molecule has 1 amide bonds. The van der Waals surface area contributed by atoms with Crippen molar-refractivity contribution in [3.8, 4) is 16.9 Å². The highest BCUT2D eigenvalue weighted by Crippen LogP contribution is 2.39. The summed E-state index contributed by atoms with van der Waals surface area (Å²) in [7, 11) is 5.68. The minimum atomic E-state index is -0.0638. The third-order valence-electron chi connectivity index (χ3n) is 8.81. The lowest BCUT2D eigenvalue weighted by Crippen LogP contribution is -3.12. The molecule has 3 N–H and O–H groups in total. The van der Waals surface area contributed by atoms with Gasteiger partial charge in [0.2, 0.25) is 17.3 Å². The molecule has 0 bridgehead atoms. The predicted octanol–water partition coefficient (Wildman–Crippen LogP) is 3.87. The minimum Gasteiger partial charge on any atom is -0.506 e. The topological polar surface area (TPSA) is 121 Å². The number of aromatic nitrogens is 3. The van der Waals surface area contributed by atoms with E-state index in [0.717, 1.165) is 68.4 Å². The van der Waals surface area contributed by atoms with Crippen LogP contribution in [0.5, 0.6) is 5.75 Å². The summed E-state index contributed by atoms with van der Waals surface area (Å²) >= 11 is 1.35. The van der Waals surface area contributed by atoms with Crippen molar-refractivity contribution in [2.24, 2.45) is 0 Å². The fourth-order valence-electron chi connectivity index (χ4n) is 6.31. The van der Waals surface area contributed by atoms with Crippen LogP contribution in [-0.4, -0.2) is 77.8 Å². The molecule has 1 aromatic carbocycles. The molecule has 0 radical (unpaired) electrons. The Morgan fingerprint density at radius 2 is 1.93 bits per heavy atom.